The molecule has 5 atom stereocenters. The van der Waals surface area contributed by atoms with E-state index in [1.807, 2.05) is 39.0 Å². The number of fused-ring (bicyclic) bond motifs is 6. The molecule has 4 amide bonds. The number of aryl methyl sites for hydroxylation is 1. The number of phenols is 1. The van der Waals surface area contributed by atoms with E-state index in [9.17, 15) is 29.1 Å². The SMILES string of the molecule is CCn1c(-c2cccnc2[C@H](C)OC)c2c3cc(ccc31)-c1cc(O)cc(c1)C[C@H](NC(=O)C(C(C)C)N(C)C(=O)[C@H]1CCN(C(C)=O)C1)C(=O)N1CCC[C@H](N1)C(=O)OCC(C)(C)C2. The molecule has 0 aliphatic carbocycles. The summed E-state index contributed by atoms with van der Waals surface area (Å²) in [4.78, 5) is 76.8. The summed E-state index contributed by atoms with van der Waals surface area (Å²) in [6, 6.07) is 12.6. The number of hydrogen-bond acceptors (Lipinski definition) is 10. The van der Waals surface area contributed by atoms with Crippen LogP contribution < -0.4 is 10.7 Å². The van der Waals surface area contributed by atoms with Gasteiger partial charge in [0.05, 0.1) is 30.0 Å². The molecule has 7 rings (SSSR count). The maximum atomic E-state index is 14.7. The number of cyclic esters (lactones) is 1. The summed E-state index contributed by atoms with van der Waals surface area (Å²) in [5.74, 6) is -2.60. The van der Waals surface area contributed by atoms with E-state index in [-0.39, 0.29) is 55.7 Å². The Hall–Kier alpha value is -5.80. The highest BCUT2D eigenvalue weighted by Gasteiger charge is 2.40. The summed E-state index contributed by atoms with van der Waals surface area (Å²) in [6.45, 7) is 15.2. The van der Waals surface area contributed by atoms with Crippen molar-refractivity contribution in [2.75, 3.05) is 40.4 Å². The van der Waals surface area contributed by atoms with Crippen LogP contribution >= 0.6 is 0 Å². The van der Waals surface area contributed by atoms with Crippen molar-refractivity contribution in [3.63, 3.8) is 0 Å². The first-order chi connectivity index (χ1) is 30.9. The first-order valence-corrected chi connectivity index (χ1v) is 22.9. The molecule has 6 bridgehead atoms. The number of benzene rings is 2. The lowest BCUT2D eigenvalue weighted by Crippen LogP contribution is -2.62. The number of rotatable bonds is 9. The first kappa shape index (κ1) is 47.2. The number of methoxy groups -OCH3 is 1. The van der Waals surface area contributed by atoms with Gasteiger partial charge in [0.2, 0.25) is 17.7 Å². The zero-order valence-electron chi connectivity index (χ0n) is 39.3. The van der Waals surface area contributed by atoms with Crippen LogP contribution in [0.4, 0.5) is 0 Å². The summed E-state index contributed by atoms with van der Waals surface area (Å²) >= 11 is 0. The number of hydrazine groups is 1. The van der Waals surface area contributed by atoms with Crippen LogP contribution in [0.1, 0.15) is 90.7 Å². The number of carbonyl (C=O) groups is 5. The van der Waals surface area contributed by atoms with Gasteiger partial charge in [0.25, 0.3) is 5.91 Å². The third-order valence-corrected chi connectivity index (χ3v) is 13.3. The fraction of sp³-hybridized carbons (Fsp3) is 0.520. The summed E-state index contributed by atoms with van der Waals surface area (Å²) in [5, 5.41) is 16.7. The lowest BCUT2D eigenvalue weighted by molar-refractivity contribution is -0.155. The number of aromatic hydroxyl groups is 1. The molecule has 0 spiro atoms. The number of carbonyl (C=O) groups excluding carboxylic acids is 5. The molecule has 3 aliphatic rings. The average molecular weight is 892 g/mol. The number of esters is 1. The normalized spacial score (nSPS) is 21.2. The fourth-order valence-corrected chi connectivity index (χ4v) is 9.92. The fourth-order valence-electron chi connectivity index (χ4n) is 9.92. The lowest BCUT2D eigenvalue weighted by atomic mass is 9.84. The third kappa shape index (κ3) is 9.91. The minimum atomic E-state index is -1.15. The number of nitrogens with zero attached hydrogens (tertiary/aromatic N) is 5. The quantitative estimate of drug-likeness (QED) is 0.174. The van der Waals surface area contributed by atoms with E-state index in [1.165, 1.54) is 16.8 Å². The van der Waals surface area contributed by atoms with E-state index in [0.717, 1.165) is 44.5 Å². The van der Waals surface area contributed by atoms with Gasteiger partial charge in [-0.3, -0.25) is 34.0 Å². The average Bonchev–Trinajstić information content (AvgIpc) is 3.90. The topological polar surface area (TPSA) is 176 Å². The number of likely N-dealkylation sites (tertiary alicyclic amines) is 1. The summed E-state index contributed by atoms with van der Waals surface area (Å²) in [7, 11) is 3.26. The van der Waals surface area contributed by atoms with Gasteiger partial charge < -0.3 is 34.3 Å². The van der Waals surface area contributed by atoms with Gasteiger partial charge in [0.1, 0.15) is 23.9 Å². The van der Waals surface area contributed by atoms with Crippen molar-refractivity contribution < 1.29 is 38.6 Å². The van der Waals surface area contributed by atoms with Crippen molar-refractivity contribution in [1.82, 2.24) is 35.1 Å². The second-order valence-electron chi connectivity index (χ2n) is 19.1. The van der Waals surface area contributed by atoms with Crippen LogP contribution in [0.5, 0.6) is 5.75 Å². The van der Waals surface area contributed by atoms with E-state index >= 15 is 0 Å². The van der Waals surface area contributed by atoms with Crippen molar-refractivity contribution in [3.05, 3.63) is 71.5 Å². The maximum absolute atomic E-state index is 14.7. The summed E-state index contributed by atoms with van der Waals surface area (Å²) < 4.78 is 14.2. The smallest absolute Gasteiger partial charge is 0.324 e. The van der Waals surface area contributed by atoms with E-state index < -0.39 is 47.2 Å². The van der Waals surface area contributed by atoms with Crippen LogP contribution in [0.2, 0.25) is 0 Å². The highest BCUT2D eigenvalue weighted by molar-refractivity contribution is 5.96. The molecule has 15 nitrogen and oxygen atoms in total. The lowest BCUT2D eigenvalue weighted by Gasteiger charge is -2.37. The molecule has 4 aromatic rings. The molecular weight excluding hydrogens is 827 g/mol. The van der Waals surface area contributed by atoms with Crippen LogP contribution in [0.3, 0.4) is 0 Å². The van der Waals surface area contributed by atoms with E-state index in [1.54, 1.807) is 37.4 Å². The monoisotopic (exact) mass is 891 g/mol. The van der Waals surface area contributed by atoms with Crippen molar-refractivity contribution >= 4 is 40.5 Å². The minimum Gasteiger partial charge on any atom is -0.508 e. The molecule has 2 aromatic heterocycles. The van der Waals surface area contributed by atoms with Crippen molar-refractivity contribution in [1.29, 1.82) is 0 Å². The standard InChI is InChI=1S/C50H65N7O8/c1-10-56-42-16-15-33-25-38(42)39(45(56)37-13-11-18-51-43(37)30(4)64-9)26-50(6,7)28-65-49(63)40-14-12-19-57(53-40)48(62)41(23-32-21-35(33)24-36(59)22-32)52-46(60)44(29(2)3)54(8)47(61)34-17-20-55(27-34)31(5)58/h11,13,15-16,18,21-22,24-25,29-30,34,40-41,44,53,59H,10,12,14,17,19-20,23,26-28H2,1-9H3,(H,52,60)/t30-,34-,40-,41-,44?/m0/s1. The zero-order chi connectivity index (χ0) is 46.9. The highest BCUT2D eigenvalue weighted by atomic mass is 16.5. The van der Waals surface area contributed by atoms with E-state index in [4.69, 9.17) is 14.5 Å². The van der Waals surface area contributed by atoms with Gasteiger partial charge in [-0.15, -0.1) is 0 Å². The molecule has 1 unspecified atom stereocenters. The van der Waals surface area contributed by atoms with Crippen molar-refractivity contribution in [2.24, 2.45) is 17.3 Å². The molecule has 2 fully saturated rings. The Labute approximate surface area is 381 Å². The Morgan fingerprint density at radius 1 is 1.06 bits per heavy atom. The Morgan fingerprint density at radius 3 is 2.52 bits per heavy atom. The molecule has 3 aliphatic heterocycles. The molecule has 0 radical (unpaired) electrons. The van der Waals surface area contributed by atoms with Gasteiger partial charge in [0.15, 0.2) is 0 Å². The first-order valence-electron chi connectivity index (χ1n) is 22.9. The molecule has 65 heavy (non-hydrogen) atoms. The number of ether oxygens (including phenoxy) is 2. The van der Waals surface area contributed by atoms with Gasteiger partial charge in [0, 0.05) is 81.8 Å². The van der Waals surface area contributed by atoms with Crippen molar-refractivity contribution in [2.45, 2.75) is 111 Å². The van der Waals surface area contributed by atoms with Crippen LogP contribution in [0.15, 0.2) is 54.7 Å². The molecule has 3 N–H and O–H groups in total. The second-order valence-corrected chi connectivity index (χ2v) is 19.1. The van der Waals surface area contributed by atoms with Crippen molar-refractivity contribution in [3.8, 4) is 28.1 Å². The Bertz CT molecular complexity index is 2460. The maximum Gasteiger partial charge on any atom is 0.324 e. The predicted octanol–water partition coefficient (Wildman–Crippen LogP) is 5.80. The number of aromatic nitrogens is 2. The summed E-state index contributed by atoms with van der Waals surface area (Å²) in [5.41, 5.74) is 9.56. The molecule has 5 heterocycles. The third-order valence-electron chi connectivity index (χ3n) is 13.3. The summed E-state index contributed by atoms with van der Waals surface area (Å²) in [6.07, 6.45) is 3.49. The van der Waals surface area contributed by atoms with Gasteiger partial charge >= 0.3 is 5.97 Å². The minimum absolute atomic E-state index is 0.00253. The van der Waals surface area contributed by atoms with Gasteiger partial charge in [-0.2, -0.15) is 0 Å². The van der Waals surface area contributed by atoms with E-state index in [2.05, 4.69) is 54.3 Å². The molecule has 2 saturated heterocycles. The molecule has 348 valence electrons. The zero-order valence-corrected chi connectivity index (χ0v) is 39.3. The van der Waals surface area contributed by atoms with Crippen LogP contribution in [-0.2, 0) is 52.8 Å². The highest BCUT2D eigenvalue weighted by Crippen LogP contribution is 2.42. The molecule has 15 heteroatoms. The number of pyridine rings is 1. The van der Waals surface area contributed by atoms with Crippen LogP contribution in [0, 0.1) is 17.3 Å². The van der Waals surface area contributed by atoms with Gasteiger partial charge in [-0.25, -0.2) is 5.43 Å². The number of phenolic OH excluding ortho intramolecular Hbond substituents is 1. The molecule has 2 aromatic carbocycles. The van der Waals surface area contributed by atoms with Gasteiger partial charge in [-0.1, -0.05) is 39.8 Å². The van der Waals surface area contributed by atoms with Crippen LogP contribution in [0.25, 0.3) is 33.3 Å². The number of likely N-dealkylation sites (N-methyl/N-ethyl adjacent to an activating group) is 1. The number of hydrogen-bond donors (Lipinski definition) is 3. The van der Waals surface area contributed by atoms with Crippen LogP contribution in [-0.4, -0.2) is 118 Å². The molecule has 0 saturated carbocycles. The van der Waals surface area contributed by atoms with E-state index in [0.29, 0.717) is 44.3 Å². The Balaban J connectivity index is 1.32. The largest absolute Gasteiger partial charge is 0.508 e. The van der Waals surface area contributed by atoms with Gasteiger partial charge in [-0.05, 0) is 104 Å². The number of amides is 4. The molecular formula is C50H65N7O8. The predicted molar refractivity (Wildman–Crippen MR) is 247 cm³/mol. The Morgan fingerprint density at radius 2 is 1.83 bits per heavy atom. The number of nitrogens with one attached hydrogen (secondary N) is 2. The Kier molecular flexibility index (Phi) is 14.0. The second kappa shape index (κ2) is 19.4.